The molecule has 0 aromatic carbocycles. The van der Waals surface area contributed by atoms with Crippen LogP contribution in [0.5, 0.6) is 0 Å². The molecule has 1 aliphatic rings. The molecular formula is C79H145NO10. The molecule has 1 heterocycles. The van der Waals surface area contributed by atoms with Crippen molar-refractivity contribution in [2.75, 3.05) is 19.8 Å². The molecule has 1 amide bonds. The molecule has 7 unspecified atom stereocenters. The Morgan fingerprint density at radius 3 is 1.19 bits per heavy atom. The van der Waals surface area contributed by atoms with Gasteiger partial charge >= 0.3 is 5.97 Å². The lowest BCUT2D eigenvalue weighted by Gasteiger charge is -2.40. The summed E-state index contributed by atoms with van der Waals surface area (Å²) in [6.45, 7) is 4.30. The van der Waals surface area contributed by atoms with E-state index in [4.69, 9.17) is 14.2 Å². The molecule has 11 heteroatoms. The van der Waals surface area contributed by atoms with E-state index in [1.807, 2.05) is 6.08 Å². The van der Waals surface area contributed by atoms with Gasteiger partial charge in [0.15, 0.2) is 6.29 Å². The molecule has 0 aromatic heterocycles. The van der Waals surface area contributed by atoms with E-state index in [0.717, 1.165) is 64.2 Å². The molecule has 1 saturated heterocycles. The fourth-order valence-corrected chi connectivity index (χ4v) is 12.0. The summed E-state index contributed by atoms with van der Waals surface area (Å²) >= 11 is 0. The number of ether oxygens (including phenoxy) is 3. The molecule has 0 spiro atoms. The fraction of sp³-hybridized carbons (Fsp3) is 0.848. The van der Waals surface area contributed by atoms with Crippen LogP contribution in [-0.4, -0.2) is 100 Å². The van der Waals surface area contributed by atoms with Crippen LogP contribution in [0.2, 0.25) is 0 Å². The molecule has 11 nitrogen and oxygen atoms in total. The molecule has 1 aliphatic heterocycles. The third-order valence-electron chi connectivity index (χ3n) is 18.1. The molecule has 0 bridgehead atoms. The van der Waals surface area contributed by atoms with Gasteiger partial charge in [-0.25, -0.2) is 0 Å². The Morgan fingerprint density at radius 2 is 0.756 bits per heavy atom. The largest absolute Gasteiger partial charge is 0.466 e. The molecule has 0 aromatic rings. The Morgan fingerprint density at radius 1 is 0.411 bits per heavy atom. The molecule has 0 saturated carbocycles. The topological polar surface area (TPSA) is 175 Å². The molecule has 7 atom stereocenters. The third-order valence-corrected chi connectivity index (χ3v) is 18.1. The van der Waals surface area contributed by atoms with Crippen LogP contribution in [-0.2, 0) is 23.8 Å². The van der Waals surface area contributed by atoms with Gasteiger partial charge in [-0.2, -0.15) is 0 Å². The number of rotatable bonds is 68. The van der Waals surface area contributed by atoms with Crippen LogP contribution in [0.1, 0.15) is 367 Å². The van der Waals surface area contributed by atoms with Crippen LogP contribution in [0.15, 0.2) is 60.8 Å². The Kier molecular flexibility index (Phi) is 64.3. The zero-order chi connectivity index (χ0) is 65.1. The van der Waals surface area contributed by atoms with Crippen LogP contribution in [0.25, 0.3) is 0 Å². The Bertz CT molecular complexity index is 1680. The first-order valence-corrected chi connectivity index (χ1v) is 38.6. The van der Waals surface area contributed by atoms with E-state index in [1.54, 1.807) is 6.08 Å². The van der Waals surface area contributed by atoms with Crippen molar-refractivity contribution in [3.05, 3.63) is 60.8 Å². The van der Waals surface area contributed by atoms with Crippen molar-refractivity contribution in [3.63, 3.8) is 0 Å². The average Bonchev–Trinajstić information content (AvgIpc) is 0.988. The van der Waals surface area contributed by atoms with Crippen molar-refractivity contribution in [2.24, 2.45) is 0 Å². The third kappa shape index (κ3) is 55.8. The van der Waals surface area contributed by atoms with Crippen molar-refractivity contribution in [3.8, 4) is 0 Å². The van der Waals surface area contributed by atoms with E-state index < -0.39 is 49.5 Å². The summed E-state index contributed by atoms with van der Waals surface area (Å²) in [5.74, 6) is -0.186. The quantitative estimate of drug-likeness (QED) is 0.0195. The SMILES string of the molecule is CCCCC/C=C/CC/C=C/C(O)C(COC1OC(CO)C(O)C(O)C1O)NC(=O)CCCCCCCCCCCCCCCCCCC/C=C\C/C=C\CCCCCCCCCCCCCCCOC(=O)CCCCCCC/C=C\CCCCCCCCC. The first-order valence-electron chi connectivity index (χ1n) is 38.6. The number of unbranched alkanes of at least 4 members (excludes halogenated alkanes) is 46. The number of aliphatic hydroxyl groups excluding tert-OH is 5. The number of hydrogen-bond acceptors (Lipinski definition) is 10. The van der Waals surface area contributed by atoms with Gasteiger partial charge in [-0.05, 0) is 103 Å². The highest BCUT2D eigenvalue weighted by Gasteiger charge is 2.44. The molecule has 1 fully saturated rings. The van der Waals surface area contributed by atoms with Crippen molar-refractivity contribution in [1.82, 2.24) is 5.32 Å². The Labute approximate surface area is 554 Å². The van der Waals surface area contributed by atoms with E-state index >= 15 is 0 Å². The first kappa shape index (κ1) is 85.4. The zero-order valence-electron chi connectivity index (χ0n) is 58.6. The lowest BCUT2D eigenvalue weighted by molar-refractivity contribution is -0.302. The molecule has 6 N–H and O–H groups in total. The van der Waals surface area contributed by atoms with E-state index in [2.05, 4.69) is 67.8 Å². The van der Waals surface area contributed by atoms with Gasteiger partial charge in [-0.3, -0.25) is 9.59 Å². The molecule has 526 valence electrons. The van der Waals surface area contributed by atoms with Gasteiger partial charge in [0.25, 0.3) is 0 Å². The number of carbonyl (C=O) groups is 2. The van der Waals surface area contributed by atoms with E-state index in [9.17, 15) is 35.1 Å². The second-order valence-electron chi connectivity index (χ2n) is 26.7. The van der Waals surface area contributed by atoms with Crippen LogP contribution < -0.4 is 5.32 Å². The smallest absolute Gasteiger partial charge is 0.305 e. The Hall–Kier alpha value is -2.64. The van der Waals surface area contributed by atoms with Crippen molar-refractivity contribution < 1.29 is 49.3 Å². The number of esters is 1. The van der Waals surface area contributed by atoms with Crippen molar-refractivity contribution >= 4 is 11.9 Å². The number of amides is 1. The second-order valence-corrected chi connectivity index (χ2v) is 26.7. The van der Waals surface area contributed by atoms with Crippen molar-refractivity contribution in [2.45, 2.75) is 410 Å². The summed E-state index contributed by atoms with van der Waals surface area (Å²) in [5, 5.41) is 54.3. The minimum atomic E-state index is -1.57. The van der Waals surface area contributed by atoms with E-state index in [0.29, 0.717) is 19.4 Å². The normalized spacial score (nSPS) is 18.0. The second kappa shape index (κ2) is 67.8. The van der Waals surface area contributed by atoms with Crippen LogP contribution in [0, 0.1) is 0 Å². The van der Waals surface area contributed by atoms with Crippen LogP contribution in [0.4, 0.5) is 0 Å². The number of aliphatic hydroxyl groups is 5. The predicted molar refractivity (Wildman–Crippen MR) is 380 cm³/mol. The van der Waals surface area contributed by atoms with Crippen LogP contribution in [0.3, 0.4) is 0 Å². The fourth-order valence-electron chi connectivity index (χ4n) is 12.0. The molecule has 0 radical (unpaired) electrons. The molecule has 1 rings (SSSR count). The summed E-state index contributed by atoms with van der Waals surface area (Å²) in [5.41, 5.74) is 0. The van der Waals surface area contributed by atoms with E-state index in [-0.39, 0.29) is 18.5 Å². The number of hydrogen-bond donors (Lipinski definition) is 6. The highest BCUT2D eigenvalue weighted by atomic mass is 16.7. The van der Waals surface area contributed by atoms with E-state index in [1.165, 1.54) is 276 Å². The van der Waals surface area contributed by atoms with Gasteiger partial charge in [-0.15, -0.1) is 0 Å². The van der Waals surface area contributed by atoms with Gasteiger partial charge in [-0.1, -0.05) is 312 Å². The maximum atomic E-state index is 13.0. The summed E-state index contributed by atoms with van der Waals surface area (Å²) in [6.07, 6.45) is 81.3. The average molecular weight is 1270 g/mol. The number of carbonyl (C=O) groups excluding carboxylic acids is 2. The lowest BCUT2D eigenvalue weighted by Crippen LogP contribution is -2.60. The standard InChI is InChI=1S/C79H145NO10/c1-3-5-7-9-11-13-14-15-16-41-44-47-51-55-59-63-67-75(84)88-68-64-60-56-52-48-45-42-39-37-35-33-31-29-27-25-23-21-19-17-18-20-22-24-26-28-30-32-34-36-38-40-43-46-50-54-58-62-66-74(83)80-71(72(82)65-61-57-53-49-12-10-8-6-4-2)70-89-79-78(87)77(86)76(85)73(69-81)90-79/h12,16-17,19,23,25,41,49,61,65,71-73,76-79,81-82,85-87H,3-11,13-15,18,20-22,24,26-40,42-48,50-60,62-64,66-70H2,1-2H3,(H,80,83)/b19-17-,25-23-,41-16-,49-12+,65-61+. The van der Waals surface area contributed by atoms with Gasteiger partial charge in [0, 0.05) is 12.8 Å². The number of allylic oxidation sites excluding steroid dienone is 9. The molecule has 0 aliphatic carbocycles. The summed E-state index contributed by atoms with van der Waals surface area (Å²) in [4.78, 5) is 25.1. The number of nitrogens with one attached hydrogen (secondary N) is 1. The molecular weight excluding hydrogens is 1120 g/mol. The highest BCUT2D eigenvalue weighted by Crippen LogP contribution is 2.23. The minimum Gasteiger partial charge on any atom is -0.466 e. The van der Waals surface area contributed by atoms with Gasteiger partial charge in [0.05, 0.1) is 32.0 Å². The van der Waals surface area contributed by atoms with Gasteiger partial charge in [0.1, 0.15) is 24.4 Å². The summed E-state index contributed by atoms with van der Waals surface area (Å²) in [6, 6.07) is -0.825. The lowest BCUT2D eigenvalue weighted by atomic mass is 9.99. The summed E-state index contributed by atoms with van der Waals surface area (Å²) in [7, 11) is 0. The van der Waals surface area contributed by atoms with Crippen molar-refractivity contribution in [1.29, 1.82) is 0 Å². The predicted octanol–water partition coefficient (Wildman–Crippen LogP) is 20.5. The Balaban J connectivity index is 1.88. The minimum absolute atomic E-state index is 0.00507. The van der Waals surface area contributed by atoms with Gasteiger partial charge in [0.2, 0.25) is 5.91 Å². The maximum Gasteiger partial charge on any atom is 0.305 e. The highest BCUT2D eigenvalue weighted by molar-refractivity contribution is 5.76. The maximum absolute atomic E-state index is 13.0. The zero-order valence-corrected chi connectivity index (χ0v) is 58.6. The summed E-state index contributed by atoms with van der Waals surface area (Å²) < 4.78 is 16.7. The van der Waals surface area contributed by atoms with Gasteiger partial charge < -0.3 is 45.1 Å². The molecule has 90 heavy (non-hydrogen) atoms. The van der Waals surface area contributed by atoms with Crippen LogP contribution >= 0.6 is 0 Å². The first-order chi connectivity index (χ1) is 44.2. The monoisotopic (exact) mass is 1270 g/mol.